The number of benzene rings is 2. The Labute approximate surface area is 134 Å². The summed E-state index contributed by atoms with van der Waals surface area (Å²) in [5.41, 5.74) is -0.161. The molecule has 0 heterocycles. The van der Waals surface area contributed by atoms with Gasteiger partial charge in [-0.25, -0.2) is 0 Å². The Kier molecular flexibility index (Phi) is 5.41. The van der Waals surface area contributed by atoms with Gasteiger partial charge < -0.3 is 9.47 Å². The number of nitro benzene ring substituents is 1. The molecule has 0 bridgehead atoms. The van der Waals surface area contributed by atoms with Crippen LogP contribution in [0.4, 0.5) is 5.69 Å². The van der Waals surface area contributed by atoms with Crippen LogP contribution in [0.3, 0.4) is 0 Å². The summed E-state index contributed by atoms with van der Waals surface area (Å²) >= 11 is 9.06. The fourth-order valence-corrected chi connectivity index (χ4v) is 2.03. The summed E-state index contributed by atoms with van der Waals surface area (Å²) < 4.78 is 11.8. The van der Waals surface area contributed by atoms with E-state index in [9.17, 15) is 10.1 Å². The van der Waals surface area contributed by atoms with Gasteiger partial charge in [0.25, 0.3) is 0 Å². The molecule has 0 radical (unpaired) electrons. The van der Waals surface area contributed by atoms with Crippen molar-refractivity contribution >= 4 is 33.2 Å². The van der Waals surface area contributed by atoms with Gasteiger partial charge in [-0.05, 0) is 36.4 Å². The van der Waals surface area contributed by atoms with Crippen molar-refractivity contribution in [2.24, 2.45) is 0 Å². The summed E-state index contributed by atoms with van der Waals surface area (Å²) in [5, 5.41) is 11.2. The average molecular weight is 373 g/mol. The summed E-state index contributed by atoms with van der Waals surface area (Å²) in [7, 11) is 0. The van der Waals surface area contributed by atoms with Gasteiger partial charge in [0.1, 0.15) is 19.0 Å². The van der Waals surface area contributed by atoms with E-state index in [0.717, 1.165) is 4.47 Å². The maximum absolute atomic E-state index is 10.9. The largest absolute Gasteiger partial charge is 0.490 e. The summed E-state index contributed by atoms with van der Waals surface area (Å²) in [6.07, 6.45) is 0. The Morgan fingerprint density at radius 3 is 2.43 bits per heavy atom. The molecular weight excluding hydrogens is 362 g/mol. The van der Waals surface area contributed by atoms with E-state index in [1.165, 1.54) is 12.1 Å². The molecule has 7 heteroatoms. The van der Waals surface area contributed by atoms with Crippen LogP contribution in [0.5, 0.6) is 11.5 Å². The molecule has 0 aromatic heterocycles. The fraction of sp³-hybridized carbons (Fsp3) is 0.143. The number of hydrogen-bond donors (Lipinski definition) is 0. The molecule has 21 heavy (non-hydrogen) atoms. The monoisotopic (exact) mass is 371 g/mol. The second-order valence-corrected chi connectivity index (χ2v) is 5.37. The molecule has 0 saturated heterocycles. The third-order valence-corrected chi connectivity index (χ3v) is 3.30. The van der Waals surface area contributed by atoms with E-state index in [-0.39, 0.29) is 24.7 Å². The first-order valence-electron chi connectivity index (χ1n) is 6.01. The van der Waals surface area contributed by atoms with Crippen LogP contribution in [-0.4, -0.2) is 18.1 Å². The van der Waals surface area contributed by atoms with Crippen LogP contribution >= 0.6 is 27.5 Å². The van der Waals surface area contributed by atoms with Crippen LogP contribution in [0.15, 0.2) is 46.9 Å². The fourth-order valence-electron chi connectivity index (χ4n) is 1.60. The van der Waals surface area contributed by atoms with E-state index >= 15 is 0 Å². The molecule has 2 aromatic rings. The number of halogens is 2. The lowest BCUT2D eigenvalue weighted by Gasteiger charge is -2.09. The maximum atomic E-state index is 10.9. The predicted molar refractivity (Wildman–Crippen MR) is 83.2 cm³/mol. The zero-order valence-corrected chi connectivity index (χ0v) is 13.1. The van der Waals surface area contributed by atoms with Crippen molar-refractivity contribution in [2.75, 3.05) is 13.2 Å². The van der Waals surface area contributed by atoms with Crippen LogP contribution in [-0.2, 0) is 0 Å². The highest BCUT2D eigenvalue weighted by Gasteiger charge is 2.15. The van der Waals surface area contributed by atoms with Crippen molar-refractivity contribution < 1.29 is 14.4 Å². The summed E-state index contributed by atoms with van der Waals surface area (Å²) in [6.45, 7) is 0.472. The van der Waals surface area contributed by atoms with Gasteiger partial charge in [0.15, 0.2) is 5.75 Å². The van der Waals surface area contributed by atoms with Crippen molar-refractivity contribution in [1.29, 1.82) is 0 Å². The molecule has 0 aliphatic rings. The van der Waals surface area contributed by atoms with Crippen molar-refractivity contribution in [3.05, 3.63) is 62.1 Å². The SMILES string of the molecule is O=[N+]([O-])c1cc(Cl)ccc1OCCOc1ccc(Br)cc1. The second-order valence-electron chi connectivity index (χ2n) is 4.02. The zero-order chi connectivity index (χ0) is 15.2. The van der Waals surface area contributed by atoms with Crippen molar-refractivity contribution in [1.82, 2.24) is 0 Å². The van der Waals surface area contributed by atoms with Crippen molar-refractivity contribution in [3.8, 4) is 11.5 Å². The van der Waals surface area contributed by atoms with Gasteiger partial charge in [-0.3, -0.25) is 10.1 Å². The Bertz CT molecular complexity index is 633. The Balaban J connectivity index is 1.89. The van der Waals surface area contributed by atoms with E-state index in [1.807, 2.05) is 24.3 Å². The Morgan fingerprint density at radius 2 is 1.76 bits per heavy atom. The molecule has 0 amide bonds. The lowest BCUT2D eigenvalue weighted by atomic mass is 10.3. The number of rotatable bonds is 6. The third kappa shape index (κ3) is 4.61. The van der Waals surface area contributed by atoms with E-state index < -0.39 is 4.92 Å². The van der Waals surface area contributed by atoms with Gasteiger partial charge in [0.2, 0.25) is 0 Å². The van der Waals surface area contributed by atoms with E-state index in [2.05, 4.69) is 15.9 Å². The first-order valence-corrected chi connectivity index (χ1v) is 7.18. The smallest absolute Gasteiger partial charge is 0.312 e. The highest BCUT2D eigenvalue weighted by Crippen LogP contribution is 2.29. The van der Waals surface area contributed by atoms with Crippen LogP contribution in [0.2, 0.25) is 5.02 Å². The van der Waals surface area contributed by atoms with Gasteiger partial charge in [0, 0.05) is 15.6 Å². The quantitative estimate of drug-likeness (QED) is 0.426. The standard InChI is InChI=1S/C14H11BrClNO4/c15-10-1-4-12(5-2-10)20-7-8-21-14-6-3-11(16)9-13(14)17(18)19/h1-6,9H,7-8H2. The van der Waals surface area contributed by atoms with E-state index in [4.69, 9.17) is 21.1 Å². The molecule has 0 aliphatic heterocycles. The molecule has 110 valence electrons. The highest BCUT2D eigenvalue weighted by molar-refractivity contribution is 9.10. The van der Waals surface area contributed by atoms with Gasteiger partial charge in [-0.1, -0.05) is 27.5 Å². The minimum Gasteiger partial charge on any atom is -0.490 e. The van der Waals surface area contributed by atoms with Crippen LogP contribution in [0, 0.1) is 10.1 Å². The number of nitrogens with zero attached hydrogens (tertiary/aromatic N) is 1. The molecule has 0 aliphatic carbocycles. The lowest BCUT2D eigenvalue weighted by molar-refractivity contribution is -0.385. The summed E-state index contributed by atoms with van der Waals surface area (Å²) in [4.78, 5) is 10.4. The number of nitro groups is 1. The van der Waals surface area contributed by atoms with Crippen molar-refractivity contribution in [3.63, 3.8) is 0 Å². The molecule has 5 nitrogen and oxygen atoms in total. The van der Waals surface area contributed by atoms with Crippen LogP contribution < -0.4 is 9.47 Å². The number of hydrogen-bond acceptors (Lipinski definition) is 4. The highest BCUT2D eigenvalue weighted by atomic mass is 79.9. The molecular formula is C14H11BrClNO4. The Hall–Kier alpha value is -1.79. The molecule has 2 aromatic carbocycles. The minimum absolute atomic E-state index is 0.161. The van der Waals surface area contributed by atoms with Crippen LogP contribution in [0.1, 0.15) is 0 Å². The molecule has 0 atom stereocenters. The van der Waals surface area contributed by atoms with Gasteiger partial charge in [0.05, 0.1) is 4.92 Å². The maximum Gasteiger partial charge on any atom is 0.312 e. The molecule has 2 rings (SSSR count). The molecule has 0 N–H and O–H groups in total. The lowest BCUT2D eigenvalue weighted by Crippen LogP contribution is -2.09. The number of ether oxygens (including phenoxy) is 2. The topological polar surface area (TPSA) is 61.6 Å². The van der Waals surface area contributed by atoms with Gasteiger partial charge in [-0.2, -0.15) is 0 Å². The molecule has 0 unspecified atom stereocenters. The Morgan fingerprint density at radius 1 is 1.10 bits per heavy atom. The second kappa shape index (κ2) is 7.28. The summed E-state index contributed by atoms with van der Waals surface area (Å²) in [6, 6.07) is 11.6. The molecule has 0 saturated carbocycles. The molecule has 0 fully saturated rings. The zero-order valence-electron chi connectivity index (χ0n) is 10.8. The summed E-state index contributed by atoms with van der Waals surface area (Å²) in [5.74, 6) is 0.871. The van der Waals surface area contributed by atoms with Crippen LogP contribution in [0.25, 0.3) is 0 Å². The van der Waals surface area contributed by atoms with Gasteiger partial charge >= 0.3 is 5.69 Å². The minimum atomic E-state index is -0.531. The van der Waals surface area contributed by atoms with Gasteiger partial charge in [-0.15, -0.1) is 0 Å². The average Bonchev–Trinajstić information content (AvgIpc) is 2.46. The first-order chi connectivity index (χ1) is 10.1. The molecule has 0 spiro atoms. The first kappa shape index (κ1) is 15.6. The third-order valence-electron chi connectivity index (χ3n) is 2.54. The van der Waals surface area contributed by atoms with Crippen molar-refractivity contribution in [2.45, 2.75) is 0 Å². The normalized spacial score (nSPS) is 10.2. The van der Waals surface area contributed by atoms with E-state index in [0.29, 0.717) is 10.8 Å². The predicted octanol–water partition coefficient (Wildman–Crippen LogP) is 4.47. The van der Waals surface area contributed by atoms with E-state index in [1.54, 1.807) is 6.07 Å².